The van der Waals surface area contributed by atoms with Crippen LogP contribution in [0, 0.1) is 0 Å². The minimum Gasteiger partial charge on any atom is -0.477 e. The molecule has 5 heteroatoms. The number of carboxylic acids is 1. The van der Waals surface area contributed by atoms with Crippen LogP contribution in [0.1, 0.15) is 30.4 Å². The second-order valence-electron chi connectivity index (χ2n) is 2.95. The normalized spacial score (nSPS) is 15.3. The maximum Gasteiger partial charge on any atom is 0.354 e. The molecule has 2 N–H and O–H groups in total. The molecule has 0 unspecified atom stereocenters. The highest BCUT2D eigenvalue weighted by Gasteiger charge is 2.18. The van der Waals surface area contributed by atoms with Gasteiger partial charge in [-0.3, -0.25) is 4.68 Å². The van der Waals surface area contributed by atoms with Crippen LogP contribution in [0.2, 0.25) is 0 Å². The summed E-state index contributed by atoms with van der Waals surface area (Å²) in [7, 11) is 0. The van der Waals surface area contributed by atoms with E-state index in [1.165, 1.54) is 16.9 Å². The number of carboxylic acid groups (broad SMARTS) is 1. The van der Waals surface area contributed by atoms with E-state index in [4.69, 9.17) is 5.11 Å². The summed E-state index contributed by atoms with van der Waals surface area (Å²) in [6.45, 7) is 3.31. The Morgan fingerprint density at radius 2 is 2.23 bits per heavy atom. The largest absolute Gasteiger partial charge is 0.477 e. The molecule has 5 nitrogen and oxygen atoms in total. The molecule has 0 spiro atoms. The number of aliphatic hydroxyl groups is 1. The molecule has 1 heterocycles. The van der Waals surface area contributed by atoms with Gasteiger partial charge in [-0.15, -0.1) is 0 Å². The number of carbonyl (C=O) groups is 1. The Hall–Kier alpha value is -1.36. The summed E-state index contributed by atoms with van der Waals surface area (Å²) in [6.07, 6.45) is 0.778. The van der Waals surface area contributed by atoms with Crippen molar-refractivity contribution in [1.82, 2.24) is 9.78 Å². The lowest BCUT2D eigenvalue weighted by atomic mass is 10.2. The van der Waals surface area contributed by atoms with Gasteiger partial charge in [-0.05, 0) is 19.9 Å². The molecule has 0 fully saturated rings. The zero-order valence-electron chi connectivity index (χ0n) is 7.51. The third-order valence-electron chi connectivity index (χ3n) is 1.97. The van der Waals surface area contributed by atoms with E-state index in [0.717, 1.165) is 0 Å². The Morgan fingerprint density at radius 3 is 2.69 bits per heavy atom. The first kappa shape index (κ1) is 9.73. The van der Waals surface area contributed by atoms with Crippen LogP contribution in [0.5, 0.6) is 0 Å². The molecule has 0 aliphatic heterocycles. The highest BCUT2D eigenvalue weighted by atomic mass is 16.4. The van der Waals surface area contributed by atoms with Gasteiger partial charge in [-0.1, -0.05) is 0 Å². The molecule has 2 atom stereocenters. The summed E-state index contributed by atoms with van der Waals surface area (Å²) in [5.74, 6) is -1.04. The van der Waals surface area contributed by atoms with Crippen molar-refractivity contribution in [3.63, 3.8) is 0 Å². The van der Waals surface area contributed by atoms with E-state index in [0.29, 0.717) is 0 Å². The lowest BCUT2D eigenvalue weighted by Crippen LogP contribution is -2.22. The smallest absolute Gasteiger partial charge is 0.354 e. The molecule has 0 aliphatic rings. The van der Waals surface area contributed by atoms with Crippen molar-refractivity contribution >= 4 is 5.97 Å². The van der Waals surface area contributed by atoms with Crippen molar-refractivity contribution in [1.29, 1.82) is 0 Å². The number of aliphatic hydroxyl groups excluding tert-OH is 1. The second-order valence-corrected chi connectivity index (χ2v) is 2.95. The molecule has 0 amide bonds. The first-order chi connectivity index (χ1) is 6.04. The second kappa shape index (κ2) is 3.57. The summed E-state index contributed by atoms with van der Waals surface area (Å²) >= 11 is 0. The van der Waals surface area contributed by atoms with Crippen molar-refractivity contribution in [3.8, 4) is 0 Å². The van der Waals surface area contributed by atoms with Gasteiger partial charge in [0, 0.05) is 6.20 Å². The van der Waals surface area contributed by atoms with Crippen LogP contribution in [0.3, 0.4) is 0 Å². The predicted molar refractivity (Wildman–Crippen MR) is 45.6 cm³/mol. The third kappa shape index (κ3) is 1.86. The van der Waals surface area contributed by atoms with Crippen LogP contribution in [0.15, 0.2) is 12.3 Å². The van der Waals surface area contributed by atoms with Gasteiger partial charge in [0.25, 0.3) is 0 Å². The van der Waals surface area contributed by atoms with Crippen molar-refractivity contribution < 1.29 is 15.0 Å². The van der Waals surface area contributed by atoms with E-state index in [2.05, 4.69) is 5.10 Å². The van der Waals surface area contributed by atoms with Gasteiger partial charge < -0.3 is 10.2 Å². The standard InChI is InChI=1S/C8H12N2O3/c1-5(6(2)11)10-7(8(12)13)3-4-9-10/h3-6,11H,1-2H3,(H,12,13)/t5-,6-/m0/s1. The molecular weight excluding hydrogens is 172 g/mol. The summed E-state index contributed by atoms with van der Waals surface area (Å²) in [4.78, 5) is 10.7. The van der Waals surface area contributed by atoms with Crippen LogP contribution >= 0.6 is 0 Å². The predicted octanol–water partition coefficient (Wildman–Crippen LogP) is 0.523. The molecule has 72 valence electrons. The molecular formula is C8H12N2O3. The van der Waals surface area contributed by atoms with E-state index in [1.54, 1.807) is 13.8 Å². The molecule has 0 bridgehead atoms. The number of hydrogen-bond acceptors (Lipinski definition) is 3. The third-order valence-corrected chi connectivity index (χ3v) is 1.97. The highest BCUT2D eigenvalue weighted by molar-refractivity contribution is 5.85. The van der Waals surface area contributed by atoms with Crippen molar-refractivity contribution in [2.24, 2.45) is 0 Å². The molecule has 1 rings (SSSR count). The van der Waals surface area contributed by atoms with Gasteiger partial charge in [-0.2, -0.15) is 5.10 Å². The van der Waals surface area contributed by atoms with E-state index >= 15 is 0 Å². The van der Waals surface area contributed by atoms with Crippen molar-refractivity contribution in [3.05, 3.63) is 18.0 Å². The number of hydrogen-bond donors (Lipinski definition) is 2. The van der Waals surface area contributed by atoms with E-state index in [9.17, 15) is 9.90 Å². The maximum absolute atomic E-state index is 10.7. The minimum absolute atomic E-state index is 0.0911. The summed E-state index contributed by atoms with van der Waals surface area (Å²) < 4.78 is 1.30. The van der Waals surface area contributed by atoms with Gasteiger partial charge in [0.05, 0.1) is 12.1 Å². The first-order valence-electron chi connectivity index (χ1n) is 3.99. The monoisotopic (exact) mass is 184 g/mol. The Bertz CT molecular complexity index is 306. The minimum atomic E-state index is -1.04. The molecule has 1 aromatic rings. The Labute approximate surface area is 75.6 Å². The van der Waals surface area contributed by atoms with E-state index in [1.807, 2.05) is 0 Å². The number of aromatic nitrogens is 2. The van der Waals surface area contributed by atoms with E-state index in [-0.39, 0.29) is 11.7 Å². The fourth-order valence-electron chi connectivity index (χ4n) is 1.01. The summed E-state index contributed by atoms with van der Waals surface area (Å²) in [6, 6.07) is 1.07. The van der Waals surface area contributed by atoms with Crippen LogP contribution in [0.4, 0.5) is 0 Å². The zero-order chi connectivity index (χ0) is 10.0. The average Bonchev–Trinajstić information content (AvgIpc) is 2.50. The fourth-order valence-corrected chi connectivity index (χ4v) is 1.01. The Balaban J connectivity index is 3.00. The summed E-state index contributed by atoms with van der Waals surface area (Å²) in [5, 5.41) is 21.8. The first-order valence-corrected chi connectivity index (χ1v) is 3.99. The quantitative estimate of drug-likeness (QED) is 0.718. The number of rotatable bonds is 3. The molecule has 1 aromatic heterocycles. The number of nitrogens with zero attached hydrogens (tertiary/aromatic N) is 2. The number of aromatic carboxylic acids is 1. The Morgan fingerprint density at radius 1 is 1.62 bits per heavy atom. The molecule has 13 heavy (non-hydrogen) atoms. The molecule has 0 aromatic carbocycles. The van der Waals surface area contributed by atoms with Crippen molar-refractivity contribution in [2.45, 2.75) is 26.0 Å². The van der Waals surface area contributed by atoms with Crippen molar-refractivity contribution in [2.75, 3.05) is 0 Å². The lowest BCUT2D eigenvalue weighted by molar-refractivity contribution is 0.0668. The topological polar surface area (TPSA) is 75.3 Å². The van der Waals surface area contributed by atoms with Gasteiger partial charge in [0.15, 0.2) is 0 Å². The SMILES string of the molecule is C[C@H](O)[C@H](C)n1nccc1C(=O)O. The van der Waals surface area contributed by atoms with Gasteiger partial charge in [0.1, 0.15) is 5.69 Å². The zero-order valence-corrected chi connectivity index (χ0v) is 7.51. The van der Waals surface area contributed by atoms with Crippen LogP contribution in [-0.2, 0) is 0 Å². The van der Waals surface area contributed by atoms with E-state index < -0.39 is 12.1 Å². The van der Waals surface area contributed by atoms with Crippen LogP contribution < -0.4 is 0 Å². The highest BCUT2D eigenvalue weighted by Crippen LogP contribution is 2.12. The van der Waals surface area contributed by atoms with Crippen LogP contribution in [0.25, 0.3) is 0 Å². The molecule has 0 radical (unpaired) electrons. The average molecular weight is 184 g/mol. The Kier molecular flexibility index (Phi) is 2.67. The lowest BCUT2D eigenvalue weighted by Gasteiger charge is -2.16. The summed E-state index contributed by atoms with van der Waals surface area (Å²) in [5.41, 5.74) is 0.0911. The van der Waals surface area contributed by atoms with Crippen LogP contribution in [-0.4, -0.2) is 32.1 Å². The van der Waals surface area contributed by atoms with Gasteiger partial charge in [0.2, 0.25) is 0 Å². The fraction of sp³-hybridized carbons (Fsp3) is 0.500. The molecule has 0 aliphatic carbocycles. The van der Waals surface area contributed by atoms with Gasteiger partial charge >= 0.3 is 5.97 Å². The van der Waals surface area contributed by atoms with Gasteiger partial charge in [-0.25, -0.2) is 4.79 Å². The maximum atomic E-state index is 10.7. The molecule has 0 saturated carbocycles. The molecule has 0 saturated heterocycles.